The Morgan fingerprint density at radius 2 is 2.20 bits per heavy atom. The number of aliphatic hydroxyl groups is 1. The molecule has 2 atom stereocenters. The Morgan fingerprint density at radius 3 is 2.30 bits per heavy atom. The SMILES string of the molecule is C[C@@H](O)[C@H](NN=O)C(=O)O. The first kappa shape index (κ1) is 8.83. The van der Waals surface area contributed by atoms with Crippen molar-refractivity contribution < 1.29 is 15.0 Å². The number of hydrogen-bond acceptors (Lipinski definition) is 4. The molecule has 0 unspecified atom stereocenters. The highest BCUT2D eigenvalue weighted by molar-refractivity contribution is 5.74. The highest BCUT2D eigenvalue weighted by atomic mass is 16.4. The van der Waals surface area contributed by atoms with E-state index in [1.165, 1.54) is 6.92 Å². The summed E-state index contributed by atoms with van der Waals surface area (Å²) in [6, 6.07) is -1.32. The van der Waals surface area contributed by atoms with Gasteiger partial charge in [-0.05, 0) is 6.92 Å². The molecular formula is C4H8N2O4. The number of nitroso groups, excluding NO2 is 1. The van der Waals surface area contributed by atoms with Crippen LogP contribution in [0.4, 0.5) is 0 Å². The molecule has 0 amide bonds. The summed E-state index contributed by atoms with van der Waals surface area (Å²) in [5.41, 5.74) is 1.70. The molecule has 6 nitrogen and oxygen atoms in total. The van der Waals surface area contributed by atoms with Crippen molar-refractivity contribution in [2.24, 2.45) is 5.29 Å². The zero-order valence-electron chi connectivity index (χ0n) is 5.31. The third-order valence-electron chi connectivity index (χ3n) is 0.940. The molecule has 10 heavy (non-hydrogen) atoms. The van der Waals surface area contributed by atoms with Crippen molar-refractivity contribution in [3.05, 3.63) is 4.91 Å². The Labute approximate surface area is 56.8 Å². The van der Waals surface area contributed by atoms with Crippen LogP contribution in [0, 0.1) is 4.91 Å². The molecule has 3 N–H and O–H groups in total. The van der Waals surface area contributed by atoms with Gasteiger partial charge in [-0.15, -0.1) is 4.91 Å². The molecule has 0 aromatic heterocycles. The van der Waals surface area contributed by atoms with Gasteiger partial charge in [-0.25, -0.2) is 4.79 Å². The fourth-order valence-electron chi connectivity index (χ4n) is 0.426. The fourth-order valence-corrected chi connectivity index (χ4v) is 0.426. The molecule has 0 aliphatic heterocycles. The molecule has 6 heteroatoms. The Kier molecular flexibility index (Phi) is 3.34. The Morgan fingerprint density at radius 1 is 1.70 bits per heavy atom. The molecule has 0 aromatic rings. The molecule has 0 saturated carbocycles. The predicted octanol–water partition coefficient (Wildman–Crippen LogP) is -0.909. The van der Waals surface area contributed by atoms with E-state index < -0.39 is 18.1 Å². The van der Waals surface area contributed by atoms with Gasteiger partial charge >= 0.3 is 5.97 Å². The van der Waals surface area contributed by atoms with Gasteiger partial charge in [-0.3, -0.25) is 5.43 Å². The summed E-state index contributed by atoms with van der Waals surface area (Å²) < 4.78 is 0. The van der Waals surface area contributed by atoms with Gasteiger partial charge in [0.15, 0.2) is 6.04 Å². The van der Waals surface area contributed by atoms with Crippen molar-refractivity contribution in [3.63, 3.8) is 0 Å². The Balaban J connectivity index is 3.97. The lowest BCUT2D eigenvalue weighted by atomic mass is 10.2. The van der Waals surface area contributed by atoms with Crippen molar-refractivity contribution in [2.45, 2.75) is 19.1 Å². The number of nitrogens with one attached hydrogen (secondary N) is 1. The first-order valence-electron chi connectivity index (χ1n) is 2.58. The summed E-state index contributed by atoms with van der Waals surface area (Å²) in [6.07, 6.45) is -1.14. The number of hydrogen-bond donors (Lipinski definition) is 3. The van der Waals surface area contributed by atoms with Gasteiger partial charge in [0, 0.05) is 0 Å². The van der Waals surface area contributed by atoms with Gasteiger partial charge < -0.3 is 10.2 Å². The molecule has 0 rings (SSSR count). The molecule has 0 fully saturated rings. The predicted molar refractivity (Wildman–Crippen MR) is 32.0 cm³/mol. The standard InChI is InChI=1S/C4H8N2O4/c1-2(7)3(4(8)9)5-6-10/h2-3,7H,1H3,(H,5,10)(H,8,9)/t2-,3+/m1/s1. The van der Waals surface area contributed by atoms with Crippen LogP contribution in [-0.2, 0) is 4.79 Å². The molecule has 0 heterocycles. The summed E-state index contributed by atoms with van der Waals surface area (Å²) >= 11 is 0. The first-order valence-corrected chi connectivity index (χ1v) is 2.58. The summed E-state index contributed by atoms with van der Waals surface area (Å²) in [7, 11) is 0. The first-order chi connectivity index (χ1) is 4.59. The zero-order valence-corrected chi connectivity index (χ0v) is 5.31. The molecular weight excluding hydrogens is 140 g/mol. The molecule has 0 aromatic carbocycles. The zero-order chi connectivity index (χ0) is 8.15. The van der Waals surface area contributed by atoms with E-state index in [0.717, 1.165) is 0 Å². The van der Waals surface area contributed by atoms with E-state index in [9.17, 15) is 9.70 Å². The molecule has 58 valence electrons. The number of nitrogens with zero attached hydrogens (tertiary/aromatic N) is 1. The highest BCUT2D eigenvalue weighted by Crippen LogP contribution is 1.91. The normalized spacial score (nSPS) is 15.4. The van der Waals surface area contributed by atoms with Crippen molar-refractivity contribution in [3.8, 4) is 0 Å². The van der Waals surface area contributed by atoms with Gasteiger partial charge in [0.25, 0.3) is 0 Å². The molecule has 0 aliphatic rings. The second-order valence-corrected chi connectivity index (χ2v) is 1.78. The van der Waals surface area contributed by atoms with E-state index >= 15 is 0 Å². The minimum Gasteiger partial charge on any atom is -0.480 e. The van der Waals surface area contributed by atoms with Crippen molar-refractivity contribution in [1.82, 2.24) is 5.43 Å². The van der Waals surface area contributed by atoms with Crippen LogP contribution < -0.4 is 5.43 Å². The maximum Gasteiger partial charge on any atom is 0.330 e. The van der Waals surface area contributed by atoms with Crippen LogP contribution in [0.3, 0.4) is 0 Å². The summed E-state index contributed by atoms with van der Waals surface area (Å²) in [5.74, 6) is -1.31. The maximum absolute atomic E-state index is 10.1. The summed E-state index contributed by atoms with van der Waals surface area (Å²) in [6.45, 7) is 1.25. The van der Waals surface area contributed by atoms with E-state index in [-0.39, 0.29) is 0 Å². The van der Waals surface area contributed by atoms with E-state index in [0.29, 0.717) is 0 Å². The van der Waals surface area contributed by atoms with Crippen molar-refractivity contribution in [2.75, 3.05) is 0 Å². The Hall–Kier alpha value is -1.17. The third-order valence-corrected chi connectivity index (χ3v) is 0.940. The molecule has 0 bridgehead atoms. The quantitative estimate of drug-likeness (QED) is 0.354. The van der Waals surface area contributed by atoms with Gasteiger partial charge in [-0.2, -0.15) is 0 Å². The monoisotopic (exact) mass is 148 g/mol. The van der Waals surface area contributed by atoms with Crippen LogP contribution in [0.1, 0.15) is 6.92 Å². The number of rotatable bonds is 4. The minimum atomic E-state index is -1.32. The van der Waals surface area contributed by atoms with Crippen LogP contribution in [0.15, 0.2) is 5.29 Å². The van der Waals surface area contributed by atoms with E-state index in [4.69, 9.17) is 10.2 Å². The van der Waals surface area contributed by atoms with Gasteiger partial charge in [0.2, 0.25) is 0 Å². The largest absolute Gasteiger partial charge is 0.480 e. The average Bonchev–Trinajstić information content (AvgIpc) is 1.81. The number of carboxylic acid groups (broad SMARTS) is 1. The maximum atomic E-state index is 10.1. The number of carboxylic acids is 1. The topological polar surface area (TPSA) is 99.0 Å². The van der Waals surface area contributed by atoms with Crippen LogP contribution in [0.2, 0.25) is 0 Å². The lowest BCUT2D eigenvalue weighted by Crippen LogP contribution is -2.41. The second-order valence-electron chi connectivity index (χ2n) is 1.78. The fraction of sp³-hybridized carbons (Fsp3) is 0.750. The molecule has 0 radical (unpaired) electrons. The van der Waals surface area contributed by atoms with Crippen LogP contribution >= 0.6 is 0 Å². The van der Waals surface area contributed by atoms with E-state index in [2.05, 4.69) is 5.29 Å². The number of carbonyl (C=O) groups is 1. The summed E-state index contributed by atoms with van der Waals surface area (Å²) in [4.78, 5) is 19.6. The minimum absolute atomic E-state index is 1.14. The Bertz CT molecular complexity index is 135. The average molecular weight is 148 g/mol. The third kappa shape index (κ3) is 2.40. The van der Waals surface area contributed by atoms with Gasteiger partial charge in [-0.1, -0.05) is 0 Å². The second kappa shape index (κ2) is 3.78. The summed E-state index contributed by atoms with van der Waals surface area (Å²) in [5, 5.41) is 19.1. The highest BCUT2D eigenvalue weighted by Gasteiger charge is 2.22. The number of aliphatic carboxylic acids is 1. The van der Waals surface area contributed by atoms with E-state index in [1.54, 1.807) is 5.43 Å². The van der Waals surface area contributed by atoms with E-state index in [1.807, 2.05) is 0 Å². The van der Waals surface area contributed by atoms with Crippen molar-refractivity contribution in [1.29, 1.82) is 0 Å². The van der Waals surface area contributed by atoms with Gasteiger partial charge in [0.1, 0.15) is 0 Å². The smallest absolute Gasteiger partial charge is 0.330 e. The molecule has 0 spiro atoms. The van der Waals surface area contributed by atoms with Gasteiger partial charge in [0.05, 0.1) is 11.4 Å². The van der Waals surface area contributed by atoms with Crippen LogP contribution in [0.25, 0.3) is 0 Å². The van der Waals surface area contributed by atoms with Crippen LogP contribution in [0.5, 0.6) is 0 Å². The molecule has 0 aliphatic carbocycles. The van der Waals surface area contributed by atoms with Crippen molar-refractivity contribution >= 4 is 5.97 Å². The molecule has 0 saturated heterocycles. The lowest BCUT2D eigenvalue weighted by molar-refractivity contribution is -0.142. The number of aliphatic hydroxyl groups excluding tert-OH is 1. The van der Waals surface area contributed by atoms with Crippen LogP contribution in [-0.4, -0.2) is 28.3 Å². The lowest BCUT2D eigenvalue weighted by Gasteiger charge is -2.11.